The molecule has 1 aromatic carbocycles. The molecule has 0 aliphatic heterocycles. The second-order valence-electron chi connectivity index (χ2n) is 3.74. The predicted octanol–water partition coefficient (Wildman–Crippen LogP) is 2.00. The molecule has 2 N–H and O–H groups in total. The highest BCUT2D eigenvalue weighted by molar-refractivity contribution is 6.30. The van der Waals surface area contributed by atoms with Crippen molar-refractivity contribution in [1.29, 1.82) is 0 Å². The number of rotatable bonds is 5. The first kappa shape index (κ1) is 14.3. The maximum absolute atomic E-state index is 11.1. The lowest BCUT2D eigenvalue weighted by Crippen LogP contribution is -2.28. The van der Waals surface area contributed by atoms with E-state index in [1.165, 1.54) is 14.0 Å². The Labute approximate surface area is 110 Å². The Balaban J connectivity index is 3.13. The number of carboxylic acids is 1. The van der Waals surface area contributed by atoms with E-state index in [0.29, 0.717) is 16.3 Å². The summed E-state index contributed by atoms with van der Waals surface area (Å²) in [4.78, 5) is 21.9. The van der Waals surface area contributed by atoms with Crippen LogP contribution < -0.4 is 10.1 Å². The van der Waals surface area contributed by atoms with Crippen LogP contribution in [0.5, 0.6) is 5.75 Å². The van der Waals surface area contributed by atoms with Crippen LogP contribution >= 0.6 is 11.6 Å². The Bertz CT molecular complexity index is 445. The summed E-state index contributed by atoms with van der Waals surface area (Å²) < 4.78 is 5.14. The quantitative estimate of drug-likeness (QED) is 0.859. The van der Waals surface area contributed by atoms with Crippen molar-refractivity contribution in [3.63, 3.8) is 0 Å². The second-order valence-corrected chi connectivity index (χ2v) is 4.17. The van der Waals surface area contributed by atoms with Crippen LogP contribution in [0.15, 0.2) is 18.2 Å². The number of carbonyl (C=O) groups excluding carboxylic acids is 1. The fraction of sp³-hybridized carbons (Fsp3) is 0.333. The van der Waals surface area contributed by atoms with Gasteiger partial charge in [0.2, 0.25) is 5.91 Å². The van der Waals surface area contributed by atoms with E-state index < -0.39 is 12.0 Å². The third-order valence-electron chi connectivity index (χ3n) is 2.32. The van der Waals surface area contributed by atoms with Crippen LogP contribution in [0, 0.1) is 0 Å². The summed E-state index contributed by atoms with van der Waals surface area (Å²) in [6.45, 7) is 1.33. The van der Waals surface area contributed by atoms with Crippen LogP contribution in [0.2, 0.25) is 5.02 Å². The van der Waals surface area contributed by atoms with Crippen molar-refractivity contribution in [1.82, 2.24) is 5.32 Å². The maximum Gasteiger partial charge on any atom is 0.305 e. The van der Waals surface area contributed by atoms with Gasteiger partial charge in [-0.2, -0.15) is 0 Å². The normalized spacial score (nSPS) is 11.7. The third-order valence-corrected chi connectivity index (χ3v) is 2.56. The summed E-state index contributed by atoms with van der Waals surface area (Å²) in [6, 6.07) is 4.18. The van der Waals surface area contributed by atoms with Gasteiger partial charge in [-0.25, -0.2) is 0 Å². The molecule has 1 unspecified atom stereocenters. The molecular formula is C12H14ClNO4. The Kier molecular flexibility index (Phi) is 4.97. The third kappa shape index (κ3) is 3.92. The highest BCUT2D eigenvalue weighted by Crippen LogP contribution is 2.30. The molecule has 0 bridgehead atoms. The minimum Gasteiger partial charge on any atom is -0.496 e. The van der Waals surface area contributed by atoms with Crippen molar-refractivity contribution in [3.8, 4) is 5.75 Å². The summed E-state index contributed by atoms with van der Waals surface area (Å²) in [7, 11) is 1.47. The minimum atomic E-state index is -1.02. The lowest BCUT2D eigenvalue weighted by Gasteiger charge is -2.19. The lowest BCUT2D eigenvalue weighted by molar-refractivity contribution is -0.137. The molecule has 0 fully saturated rings. The van der Waals surface area contributed by atoms with E-state index in [9.17, 15) is 9.59 Å². The van der Waals surface area contributed by atoms with Gasteiger partial charge in [0.25, 0.3) is 0 Å². The highest BCUT2D eigenvalue weighted by Gasteiger charge is 2.20. The second kappa shape index (κ2) is 6.26. The van der Waals surface area contributed by atoms with E-state index in [4.69, 9.17) is 21.4 Å². The summed E-state index contributed by atoms with van der Waals surface area (Å²) >= 11 is 5.88. The molecule has 0 aliphatic carbocycles. The fourth-order valence-corrected chi connectivity index (χ4v) is 1.82. The SMILES string of the molecule is COc1ccc(Cl)cc1C(CC(=O)O)NC(C)=O. The van der Waals surface area contributed by atoms with Gasteiger partial charge < -0.3 is 15.2 Å². The van der Waals surface area contributed by atoms with Crippen molar-refractivity contribution < 1.29 is 19.4 Å². The Hall–Kier alpha value is -1.75. The van der Waals surface area contributed by atoms with Crippen LogP contribution in [0.4, 0.5) is 0 Å². The van der Waals surface area contributed by atoms with Crippen LogP contribution in [-0.4, -0.2) is 24.1 Å². The topological polar surface area (TPSA) is 75.6 Å². The van der Waals surface area contributed by atoms with E-state index in [1.807, 2.05) is 0 Å². The number of aliphatic carboxylic acids is 1. The first-order valence-electron chi connectivity index (χ1n) is 5.26. The summed E-state index contributed by atoms with van der Waals surface area (Å²) in [5.41, 5.74) is 0.544. The largest absolute Gasteiger partial charge is 0.496 e. The van der Waals surface area contributed by atoms with Crippen molar-refractivity contribution >= 4 is 23.5 Å². The van der Waals surface area contributed by atoms with Crippen molar-refractivity contribution in [2.45, 2.75) is 19.4 Å². The molecule has 1 aromatic rings. The summed E-state index contributed by atoms with van der Waals surface area (Å²) in [5.74, 6) is -0.849. The number of carboxylic acid groups (broad SMARTS) is 1. The minimum absolute atomic E-state index is 0.240. The number of hydrogen-bond acceptors (Lipinski definition) is 3. The average molecular weight is 272 g/mol. The van der Waals surface area contributed by atoms with Gasteiger partial charge in [-0.3, -0.25) is 9.59 Å². The van der Waals surface area contributed by atoms with Crippen LogP contribution in [-0.2, 0) is 9.59 Å². The summed E-state index contributed by atoms with van der Waals surface area (Å²) in [6.07, 6.45) is -0.240. The molecular weight excluding hydrogens is 258 g/mol. The maximum atomic E-state index is 11.1. The van der Waals surface area contributed by atoms with E-state index >= 15 is 0 Å². The first-order chi connectivity index (χ1) is 8.43. The van der Waals surface area contributed by atoms with E-state index in [1.54, 1.807) is 18.2 Å². The van der Waals surface area contributed by atoms with Gasteiger partial charge in [0.05, 0.1) is 19.6 Å². The van der Waals surface area contributed by atoms with Gasteiger partial charge in [-0.05, 0) is 18.2 Å². The van der Waals surface area contributed by atoms with Gasteiger partial charge >= 0.3 is 5.97 Å². The highest BCUT2D eigenvalue weighted by atomic mass is 35.5. The van der Waals surface area contributed by atoms with Gasteiger partial charge in [0.15, 0.2) is 0 Å². The average Bonchev–Trinajstić information content (AvgIpc) is 2.26. The number of hydrogen-bond donors (Lipinski definition) is 2. The van der Waals surface area contributed by atoms with Gasteiger partial charge in [-0.1, -0.05) is 11.6 Å². The van der Waals surface area contributed by atoms with Crippen molar-refractivity contribution in [3.05, 3.63) is 28.8 Å². The lowest BCUT2D eigenvalue weighted by atomic mass is 10.0. The van der Waals surface area contributed by atoms with Gasteiger partial charge in [0, 0.05) is 17.5 Å². The number of amides is 1. The molecule has 1 rings (SSSR count). The smallest absolute Gasteiger partial charge is 0.305 e. The molecule has 0 aliphatic rings. The van der Waals surface area contributed by atoms with Crippen LogP contribution in [0.1, 0.15) is 24.9 Å². The molecule has 0 saturated carbocycles. The van der Waals surface area contributed by atoms with Crippen LogP contribution in [0.3, 0.4) is 0 Å². The van der Waals surface area contributed by atoms with Crippen molar-refractivity contribution in [2.75, 3.05) is 7.11 Å². The first-order valence-corrected chi connectivity index (χ1v) is 5.64. The molecule has 0 aromatic heterocycles. The summed E-state index contributed by atoms with van der Waals surface area (Å²) in [5, 5.41) is 11.9. The van der Waals surface area contributed by atoms with E-state index in [2.05, 4.69) is 5.32 Å². The Morgan fingerprint density at radius 2 is 2.17 bits per heavy atom. The molecule has 1 amide bonds. The number of halogens is 1. The molecule has 0 radical (unpaired) electrons. The zero-order chi connectivity index (χ0) is 13.7. The zero-order valence-electron chi connectivity index (χ0n) is 10.1. The molecule has 1 atom stereocenters. The standard InChI is InChI=1S/C12H14ClNO4/c1-7(15)14-10(6-12(16)17)9-5-8(13)3-4-11(9)18-2/h3-5,10H,6H2,1-2H3,(H,14,15)(H,16,17). The molecule has 5 nitrogen and oxygen atoms in total. The predicted molar refractivity (Wildman–Crippen MR) is 66.8 cm³/mol. The number of carbonyl (C=O) groups is 2. The van der Waals surface area contributed by atoms with Crippen molar-refractivity contribution in [2.24, 2.45) is 0 Å². The van der Waals surface area contributed by atoms with E-state index in [-0.39, 0.29) is 12.3 Å². The number of ether oxygens (including phenoxy) is 1. The molecule has 18 heavy (non-hydrogen) atoms. The molecule has 0 heterocycles. The molecule has 0 spiro atoms. The Morgan fingerprint density at radius 1 is 1.50 bits per heavy atom. The van der Waals surface area contributed by atoms with Crippen LogP contribution in [0.25, 0.3) is 0 Å². The molecule has 0 saturated heterocycles. The van der Waals surface area contributed by atoms with E-state index in [0.717, 1.165) is 0 Å². The fourth-order valence-electron chi connectivity index (χ4n) is 1.64. The van der Waals surface area contributed by atoms with Gasteiger partial charge in [-0.15, -0.1) is 0 Å². The number of methoxy groups -OCH3 is 1. The molecule has 98 valence electrons. The zero-order valence-corrected chi connectivity index (χ0v) is 10.8. The van der Waals surface area contributed by atoms with Gasteiger partial charge in [0.1, 0.15) is 5.75 Å². The number of nitrogens with one attached hydrogen (secondary N) is 1. The molecule has 6 heteroatoms. The Morgan fingerprint density at radius 3 is 2.67 bits per heavy atom. The monoisotopic (exact) mass is 271 g/mol. The number of benzene rings is 1.